The van der Waals surface area contributed by atoms with Crippen LogP contribution in [0.5, 0.6) is 0 Å². The van der Waals surface area contributed by atoms with E-state index in [0.29, 0.717) is 12.2 Å². The Labute approximate surface area is 121 Å². The monoisotopic (exact) mass is 310 g/mol. The average Bonchev–Trinajstić information content (AvgIpc) is 2.20. The Bertz CT molecular complexity index is 382. The highest BCUT2D eigenvalue weighted by Gasteiger charge is 2.30. The number of amides is 1. The van der Waals surface area contributed by atoms with E-state index >= 15 is 0 Å². The number of primary amides is 1. The van der Waals surface area contributed by atoms with Crippen LogP contribution in [0.2, 0.25) is 0 Å². The van der Waals surface area contributed by atoms with Crippen molar-refractivity contribution in [2.24, 2.45) is 5.73 Å². The molecule has 3 N–H and O–H groups in total. The van der Waals surface area contributed by atoms with Gasteiger partial charge in [0.1, 0.15) is 9.84 Å². The Morgan fingerprint density at radius 1 is 1.37 bits per heavy atom. The lowest BCUT2D eigenvalue weighted by molar-refractivity contribution is -0.124. The fourth-order valence-corrected chi connectivity index (χ4v) is 3.98. The normalized spacial score (nSPS) is 15.4. The van der Waals surface area contributed by atoms with Crippen LogP contribution >= 0.6 is 11.8 Å². The van der Waals surface area contributed by atoms with Crippen LogP contribution in [0.15, 0.2) is 0 Å². The standard InChI is InChI=1S/C12H26N2O3S2/c1-10(2)14-12(3,11(13)15)6-5-7-18-8-9-19(4,16)17/h10,14H,5-9H2,1-4H3,(H2,13,15). The Morgan fingerprint density at radius 2 is 1.95 bits per heavy atom. The first-order chi connectivity index (χ1) is 8.57. The average molecular weight is 310 g/mol. The summed E-state index contributed by atoms with van der Waals surface area (Å²) in [4.78, 5) is 11.5. The number of nitrogens with one attached hydrogen (secondary N) is 1. The SMILES string of the molecule is CC(C)NC(C)(CCCSCCS(C)(=O)=O)C(N)=O. The highest BCUT2D eigenvalue weighted by molar-refractivity contribution is 8.00. The molecule has 0 aliphatic rings. The number of thioether (sulfide) groups is 1. The summed E-state index contributed by atoms with van der Waals surface area (Å²) in [5.74, 6) is 1.29. The molecule has 0 saturated heterocycles. The minimum atomic E-state index is -2.88. The zero-order valence-electron chi connectivity index (χ0n) is 12.2. The molecule has 0 rings (SSSR count). The summed E-state index contributed by atoms with van der Waals surface area (Å²) in [5.41, 5.74) is 4.74. The molecular formula is C12H26N2O3S2. The van der Waals surface area contributed by atoms with Gasteiger partial charge in [-0.05, 0) is 39.4 Å². The number of carbonyl (C=O) groups is 1. The van der Waals surface area contributed by atoms with Gasteiger partial charge in [-0.15, -0.1) is 0 Å². The Hall–Kier alpha value is -0.270. The van der Waals surface area contributed by atoms with Crippen molar-refractivity contribution in [2.75, 3.05) is 23.5 Å². The predicted molar refractivity (Wildman–Crippen MR) is 82.1 cm³/mol. The van der Waals surface area contributed by atoms with Crippen molar-refractivity contribution in [2.45, 2.75) is 45.2 Å². The third-order valence-electron chi connectivity index (χ3n) is 2.71. The van der Waals surface area contributed by atoms with Crippen molar-refractivity contribution in [1.29, 1.82) is 0 Å². The molecule has 0 aliphatic carbocycles. The van der Waals surface area contributed by atoms with Crippen molar-refractivity contribution >= 4 is 27.5 Å². The van der Waals surface area contributed by atoms with Crippen LogP contribution in [0, 0.1) is 0 Å². The van der Waals surface area contributed by atoms with Gasteiger partial charge in [0.2, 0.25) is 5.91 Å². The fraction of sp³-hybridized carbons (Fsp3) is 0.917. The number of sulfone groups is 1. The molecule has 0 aromatic heterocycles. The molecule has 0 saturated carbocycles. The number of rotatable bonds is 10. The smallest absolute Gasteiger partial charge is 0.237 e. The van der Waals surface area contributed by atoms with Crippen LogP contribution in [-0.2, 0) is 14.6 Å². The van der Waals surface area contributed by atoms with E-state index in [1.165, 1.54) is 6.26 Å². The summed E-state index contributed by atoms with van der Waals surface area (Å²) in [6.07, 6.45) is 2.73. The van der Waals surface area contributed by atoms with Crippen molar-refractivity contribution in [1.82, 2.24) is 5.32 Å². The largest absolute Gasteiger partial charge is 0.368 e. The first-order valence-corrected chi connectivity index (χ1v) is 9.61. The van der Waals surface area contributed by atoms with E-state index in [0.717, 1.165) is 12.2 Å². The molecule has 0 spiro atoms. The van der Waals surface area contributed by atoms with Crippen LogP contribution in [0.4, 0.5) is 0 Å². The molecule has 7 heteroatoms. The van der Waals surface area contributed by atoms with E-state index in [-0.39, 0.29) is 17.7 Å². The minimum Gasteiger partial charge on any atom is -0.368 e. The van der Waals surface area contributed by atoms with Gasteiger partial charge < -0.3 is 11.1 Å². The Morgan fingerprint density at radius 3 is 2.37 bits per heavy atom. The molecule has 1 atom stereocenters. The minimum absolute atomic E-state index is 0.190. The molecule has 0 aromatic carbocycles. The molecule has 19 heavy (non-hydrogen) atoms. The molecular weight excluding hydrogens is 284 g/mol. The van der Waals surface area contributed by atoms with E-state index in [1.54, 1.807) is 11.8 Å². The lowest BCUT2D eigenvalue weighted by Gasteiger charge is -2.29. The molecule has 5 nitrogen and oxygen atoms in total. The molecule has 0 aromatic rings. The summed E-state index contributed by atoms with van der Waals surface area (Å²) in [6.45, 7) is 5.76. The zero-order valence-corrected chi connectivity index (χ0v) is 13.9. The van der Waals surface area contributed by atoms with E-state index in [4.69, 9.17) is 5.73 Å². The van der Waals surface area contributed by atoms with Crippen LogP contribution in [0.25, 0.3) is 0 Å². The van der Waals surface area contributed by atoms with Crippen LogP contribution < -0.4 is 11.1 Å². The maximum absolute atomic E-state index is 11.5. The number of hydrogen-bond acceptors (Lipinski definition) is 5. The van der Waals surface area contributed by atoms with Crippen molar-refractivity contribution in [3.8, 4) is 0 Å². The van der Waals surface area contributed by atoms with Crippen molar-refractivity contribution in [3.63, 3.8) is 0 Å². The molecule has 0 bridgehead atoms. The van der Waals surface area contributed by atoms with E-state index in [1.807, 2.05) is 20.8 Å². The van der Waals surface area contributed by atoms with Crippen LogP contribution in [-0.4, -0.2) is 49.4 Å². The van der Waals surface area contributed by atoms with Crippen LogP contribution in [0.3, 0.4) is 0 Å². The molecule has 114 valence electrons. The highest BCUT2D eigenvalue weighted by Crippen LogP contribution is 2.16. The molecule has 0 aliphatic heterocycles. The first kappa shape index (κ1) is 18.7. The first-order valence-electron chi connectivity index (χ1n) is 6.40. The van der Waals surface area contributed by atoms with Gasteiger partial charge in [-0.25, -0.2) is 8.42 Å². The molecule has 1 amide bonds. The maximum atomic E-state index is 11.5. The van der Waals surface area contributed by atoms with E-state index < -0.39 is 15.4 Å². The summed E-state index contributed by atoms with van der Waals surface area (Å²) in [7, 11) is -2.88. The lowest BCUT2D eigenvalue weighted by Crippen LogP contribution is -2.55. The topological polar surface area (TPSA) is 89.3 Å². The maximum Gasteiger partial charge on any atom is 0.237 e. The second-order valence-electron chi connectivity index (χ2n) is 5.34. The summed E-state index contributed by atoms with van der Waals surface area (Å²) in [5, 5.41) is 3.19. The van der Waals surface area contributed by atoms with Gasteiger partial charge in [0.25, 0.3) is 0 Å². The summed E-state index contributed by atoms with van der Waals surface area (Å²) >= 11 is 1.59. The van der Waals surface area contributed by atoms with Gasteiger partial charge in [-0.1, -0.05) is 0 Å². The Kier molecular flexibility index (Phi) is 8.00. The molecule has 0 heterocycles. The summed E-state index contributed by atoms with van der Waals surface area (Å²) < 4.78 is 21.9. The van der Waals surface area contributed by atoms with Gasteiger partial charge in [0, 0.05) is 18.1 Å². The van der Waals surface area contributed by atoms with E-state index in [9.17, 15) is 13.2 Å². The number of nitrogens with two attached hydrogens (primary N) is 1. The second kappa shape index (κ2) is 8.11. The third kappa shape index (κ3) is 9.29. The van der Waals surface area contributed by atoms with E-state index in [2.05, 4.69) is 5.32 Å². The zero-order chi connectivity index (χ0) is 15.1. The van der Waals surface area contributed by atoms with Gasteiger partial charge in [-0.3, -0.25) is 4.79 Å². The van der Waals surface area contributed by atoms with Gasteiger partial charge in [0.15, 0.2) is 0 Å². The van der Waals surface area contributed by atoms with Gasteiger partial charge >= 0.3 is 0 Å². The van der Waals surface area contributed by atoms with Crippen molar-refractivity contribution in [3.05, 3.63) is 0 Å². The van der Waals surface area contributed by atoms with Crippen LogP contribution in [0.1, 0.15) is 33.6 Å². The quantitative estimate of drug-likeness (QED) is 0.582. The number of hydrogen-bond donors (Lipinski definition) is 2. The van der Waals surface area contributed by atoms with Gasteiger partial charge in [0.05, 0.1) is 11.3 Å². The molecule has 1 unspecified atom stereocenters. The molecule has 0 radical (unpaired) electrons. The fourth-order valence-electron chi connectivity index (χ4n) is 1.74. The lowest BCUT2D eigenvalue weighted by atomic mass is 9.94. The highest BCUT2D eigenvalue weighted by atomic mass is 32.2. The van der Waals surface area contributed by atoms with Crippen molar-refractivity contribution < 1.29 is 13.2 Å². The predicted octanol–water partition coefficient (Wildman–Crippen LogP) is 0.786. The molecule has 0 fully saturated rings. The third-order valence-corrected chi connectivity index (χ3v) is 4.99. The second-order valence-corrected chi connectivity index (χ2v) is 8.83. The summed E-state index contributed by atoms with van der Waals surface area (Å²) in [6, 6.07) is 0.190. The Balaban J connectivity index is 3.98. The number of carbonyl (C=O) groups excluding carboxylic acids is 1. The van der Waals surface area contributed by atoms with Gasteiger partial charge in [-0.2, -0.15) is 11.8 Å².